The summed E-state index contributed by atoms with van der Waals surface area (Å²) in [5.74, 6) is 0.147. The fraction of sp³-hybridized carbons (Fsp3) is 0.500. The number of primary amides is 1. The van der Waals surface area contributed by atoms with Crippen molar-refractivity contribution in [2.45, 2.75) is 50.2 Å². The van der Waals surface area contributed by atoms with Crippen molar-refractivity contribution in [3.05, 3.63) is 35.4 Å². The molecule has 2 amide bonds. The Kier molecular flexibility index (Phi) is 3.82. The lowest BCUT2D eigenvalue weighted by molar-refractivity contribution is 0.0937. The van der Waals surface area contributed by atoms with Gasteiger partial charge in [0.15, 0.2) is 0 Å². The first-order valence-electron chi connectivity index (χ1n) is 7.50. The van der Waals surface area contributed by atoms with Gasteiger partial charge in [0.1, 0.15) is 6.10 Å². The molecule has 5 heteroatoms. The minimum Gasteiger partial charge on any atom is -0.446 e. The summed E-state index contributed by atoms with van der Waals surface area (Å²) in [7, 11) is 0. The molecule has 0 spiro atoms. The van der Waals surface area contributed by atoms with Crippen LogP contribution in [0.5, 0.6) is 0 Å². The predicted octanol–water partition coefficient (Wildman–Crippen LogP) is 2.31. The van der Waals surface area contributed by atoms with Gasteiger partial charge in [0.2, 0.25) is 0 Å². The zero-order chi connectivity index (χ0) is 14.8. The van der Waals surface area contributed by atoms with Gasteiger partial charge in [-0.25, -0.2) is 4.79 Å². The summed E-state index contributed by atoms with van der Waals surface area (Å²) in [5.41, 5.74) is 6.72. The van der Waals surface area contributed by atoms with Crippen LogP contribution in [0.3, 0.4) is 0 Å². The SMILES string of the molecule is NC(=O)O[C@@H]1C[C@H]1c1cccc(C(=O)NC2CCCC2)c1. The van der Waals surface area contributed by atoms with Crippen LogP contribution in [-0.2, 0) is 4.74 Å². The van der Waals surface area contributed by atoms with E-state index in [2.05, 4.69) is 5.32 Å². The van der Waals surface area contributed by atoms with Gasteiger partial charge in [-0.3, -0.25) is 4.79 Å². The van der Waals surface area contributed by atoms with Crippen LogP contribution in [-0.4, -0.2) is 24.1 Å². The van der Waals surface area contributed by atoms with Crippen LogP contribution >= 0.6 is 0 Å². The maximum atomic E-state index is 12.2. The van der Waals surface area contributed by atoms with E-state index in [0.717, 1.165) is 24.8 Å². The first-order chi connectivity index (χ1) is 10.1. The van der Waals surface area contributed by atoms with Crippen LogP contribution in [0.15, 0.2) is 24.3 Å². The maximum absolute atomic E-state index is 12.2. The summed E-state index contributed by atoms with van der Waals surface area (Å²) in [6.07, 6.45) is 4.42. The van der Waals surface area contributed by atoms with Crippen molar-refractivity contribution in [2.24, 2.45) is 5.73 Å². The molecule has 1 aromatic rings. The van der Waals surface area contributed by atoms with Crippen molar-refractivity contribution >= 4 is 12.0 Å². The largest absolute Gasteiger partial charge is 0.446 e. The highest BCUT2D eigenvalue weighted by atomic mass is 16.6. The zero-order valence-corrected chi connectivity index (χ0v) is 11.9. The number of carbonyl (C=O) groups excluding carboxylic acids is 2. The molecule has 3 rings (SSSR count). The molecule has 2 atom stereocenters. The molecule has 2 aliphatic carbocycles. The van der Waals surface area contributed by atoms with E-state index in [4.69, 9.17) is 10.5 Å². The van der Waals surface area contributed by atoms with Gasteiger partial charge in [0.05, 0.1) is 0 Å². The molecule has 0 heterocycles. The van der Waals surface area contributed by atoms with Gasteiger partial charge in [-0.2, -0.15) is 0 Å². The van der Waals surface area contributed by atoms with Crippen molar-refractivity contribution in [3.63, 3.8) is 0 Å². The van der Waals surface area contributed by atoms with Gasteiger partial charge < -0.3 is 15.8 Å². The van der Waals surface area contributed by atoms with Crippen LogP contribution in [0.2, 0.25) is 0 Å². The second-order valence-electron chi connectivity index (χ2n) is 5.90. The van der Waals surface area contributed by atoms with E-state index < -0.39 is 6.09 Å². The fourth-order valence-corrected chi connectivity index (χ4v) is 3.05. The van der Waals surface area contributed by atoms with E-state index in [1.807, 2.05) is 24.3 Å². The maximum Gasteiger partial charge on any atom is 0.404 e. The molecule has 2 fully saturated rings. The van der Waals surface area contributed by atoms with E-state index in [1.165, 1.54) is 12.8 Å². The van der Waals surface area contributed by atoms with Gasteiger partial charge in [0.25, 0.3) is 5.91 Å². The molecule has 21 heavy (non-hydrogen) atoms. The first-order valence-corrected chi connectivity index (χ1v) is 7.50. The zero-order valence-electron chi connectivity index (χ0n) is 11.9. The summed E-state index contributed by atoms with van der Waals surface area (Å²) >= 11 is 0. The molecular formula is C16H20N2O3. The van der Waals surface area contributed by atoms with Crippen molar-refractivity contribution in [1.29, 1.82) is 0 Å². The van der Waals surface area contributed by atoms with Crippen molar-refractivity contribution < 1.29 is 14.3 Å². The Morgan fingerprint density at radius 3 is 2.71 bits per heavy atom. The lowest BCUT2D eigenvalue weighted by Crippen LogP contribution is -2.32. The van der Waals surface area contributed by atoms with E-state index in [9.17, 15) is 9.59 Å². The predicted molar refractivity (Wildman–Crippen MR) is 78.0 cm³/mol. The van der Waals surface area contributed by atoms with Crippen LogP contribution in [0, 0.1) is 0 Å². The average Bonchev–Trinajstić information content (AvgIpc) is 3.02. The normalized spacial score (nSPS) is 24.6. The highest BCUT2D eigenvalue weighted by Crippen LogP contribution is 2.43. The highest BCUT2D eigenvalue weighted by molar-refractivity contribution is 5.94. The molecule has 0 radical (unpaired) electrons. The van der Waals surface area contributed by atoms with Crippen LogP contribution in [0.4, 0.5) is 4.79 Å². The molecule has 0 unspecified atom stereocenters. The first kappa shape index (κ1) is 13.9. The number of benzene rings is 1. The number of hydrogen-bond donors (Lipinski definition) is 2. The number of ether oxygens (including phenoxy) is 1. The number of nitrogens with two attached hydrogens (primary N) is 1. The Balaban J connectivity index is 1.63. The molecule has 2 saturated carbocycles. The average molecular weight is 288 g/mol. The molecule has 1 aromatic carbocycles. The van der Waals surface area contributed by atoms with Crippen molar-refractivity contribution in [2.75, 3.05) is 0 Å². The van der Waals surface area contributed by atoms with E-state index in [-0.39, 0.29) is 17.9 Å². The lowest BCUT2D eigenvalue weighted by atomic mass is 10.1. The third-order valence-corrected chi connectivity index (χ3v) is 4.27. The van der Waals surface area contributed by atoms with Gasteiger partial charge in [0, 0.05) is 17.5 Å². The molecule has 2 aliphatic rings. The summed E-state index contributed by atoms with van der Waals surface area (Å²) < 4.78 is 4.97. The van der Waals surface area contributed by atoms with Crippen LogP contribution in [0.25, 0.3) is 0 Å². The number of amides is 2. The number of hydrogen-bond acceptors (Lipinski definition) is 3. The summed E-state index contributed by atoms with van der Waals surface area (Å²) in [5, 5.41) is 3.08. The highest BCUT2D eigenvalue weighted by Gasteiger charge is 2.41. The molecule has 0 bridgehead atoms. The monoisotopic (exact) mass is 288 g/mol. The third kappa shape index (κ3) is 3.35. The Morgan fingerprint density at radius 1 is 1.24 bits per heavy atom. The summed E-state index contributed by atoms with van der Waals surface area (Å²) in [6.45, 7) is 0. The van der Waals surface area contributed by atoms with Gasteiger partial charge in [-0.15, -0.1) is 0 Å². The quantitative estimate of drug-likeness (QED) is 0.892. The molecule has 0 saturated heterocycles. The van der Waals surface area contributed by atoms with Crippen molar-refractivity contribution in [1.82, 2.24) is 5.32 Å². The Morgan fingerprint density at radius 2 is 2.00 bits per heavy atom. The molecule has 0 aliphatic heterocycles. The van der Waals surface area contributed by atoms with E-state index in [0.29, 0.717) is 11.6 Å². The van der Waals surface area contributed by atoms with Gasteiger partial charge >= 0.3 is 6.09 Å². The smallest absolute Gasteiger partial charge is 0.404 e. The van der Waals surface area contributed by atoms with E-state index >= 15 is 0 Å². The molecule has 112 valence electrons. The van der Waals surface area contributed by atoms with Crippen LogP contribution in [0.1, 0.15) is 53.9 Å². The molecule has 0 aromatic heterocycles. The van der Waals surface area contributed by atoms with Gasteiger partial charge in [-0.05, 0) is 37.0 Å². The second-order valence-corrected chi connectivity index (χ2v) is 5.90. The third-order valence-electron chi connectivity index (χ3n) is 4.27. The minimum absolute atomic E-state index is 0.0169. The summed E-state index contributed by atoms with van der Waals surface area (Å²) in [6, 6.07) is 7.85. The topological polar surface area (TPSA) is 81.4 Å². The van der Waals surface area contributed by atoms with Gasteiger partial charge in [-0.1, -0.05) is 25.0 Å². The number of carbonyl (C=O) groups is 2. The lowest BCUT2D eigenvalue weighted by Gasteiger charge is -2.12. The Labute approximate surface area is 123 Å². The standard InChI is InChI=1S/C16H20N2O3/c17-16(20)21-14-9-13(14)10-4-3-5-11(8-10)15(19)18-12-6-1-2-7-12/h3-5,8,12-14H,1-2,6-7,9H2,(H2,17,20)(H,18,19)/t13-,14+/m0/s1. The fourth-order valence-electron chi connectivity index (χ4n) is 3.05. The number of nitrogens with one attached hydrogen (secondary N) is 1. The Bertz CT molecular complexity index is 552. The Hall–Kier alpha value is -2.04. The molecular weight excluding hydrogens is 268 g/mol. The second kappa shape index (κ2) is 5.76. The van der Waals surface area contributed by atoms with Crippen molar-refractivity contribution in [3.8, 4) is 0 Å². The minimum atomic E-state index is -0.738. The van der Waals surface area contributed by atoms with E-state index in [1.54, 1.807) is 0 Å². The molecule has 5 nitrogen and oxygen atoms in total. The summed E-state index contributed by atoms with van der Waals surface area (Å²) in [4.78, 5) is 23.0. The number of rotatable bonds is 4. The molecule has 3 N–H and O–H groups in total. The van der Waals surface area contributed by atoms with Crippen LogP contribution < -0.4 is 11.1 Å².